The van der Waals surface area contributed by atoms with Crippen molar-refractivity contribution in [1.29, 1.82) is 0 Å². The van der Waals surface area contributed by atoms with Gasteiger partial charge in [-0.05, 0) is 12.1 Å². The lowest BCUT2D eigenvalue weighted by Crippen LogP contribution is -2.35. The van der Waals surface area contributed by atoms with Gasteiger partial charge in [0.05, 0.1) is 11.5 Å². The zero-order valence-electron chi connectivity index (χ0n) is 10.5. The topological polar surface area (TPSA) is 113 Å². The second kappa shape index (κ2) is 6.34. The molecule has 0 aliphatic heterocycles. The van der Waals surface area contributed by atoms with Gasteiger partial charge in [-0.2, -0.15) is 0 Å². The van der Waals surface area contributed by atoms with Crippen LogP contribution >= 0.6 is 0 Å². The summed E-state index contributed by atoms with van der Waals surface area (Å²) in [6, 6.07) is 4.04. The zero-order chi connectivity index (χ0) is 14.4. The highest BCUT2D eigenvalue weighted by molar-refractivity contribution is 5.97. The van der Waals surface area contributed by atoms with E-state index in [4.69, 9.17) is 0 Å². The number of anilines is 1. The summed E-state index contributed by atoms with van der Waals surface area (Å²) in [4.78, 5) is 32.9. The number of carbonyl (C=O) groups excluding carboxylic acids is 2. The van der Waals surface area contributed by atoms with Crippen molar-refractivity contribution in [3.8, 4) is 0 Å². The van der Waals surface area contributed by atoms with Crippen LogP contribution in [0.15, 0.2) is 18.2 Å². The van der Waals surface area contributed by atoms with E-state index < -0.39 is 10.8 Å². The first-order valence-electron chi connectivity index (χ1n) is 5.44. The largest absolute Gasteiger partial charge is 0.383 e. The summed E-state index contributed by atoms with van der Waals surface area (Å²) in [6.45, 7) is -0.184. The molecule has 0 unspecified atom stereocenters. The Morgan fingerprint density at radius 2 is 2.00 bits per heavy atom. The Bertz CT molecular complexity index is 515. The second-order valence-electron chi connectivity index (χ2n) is 3.59. The van der Waals surface area contributed by atoms with Crippen molar-refractivity contribution in [2.45, 2.75) is 0 Å². The summed E-state index contributed by atoms with van der Waals surface area (Å²) in [5, 5.41) is 18.2. The minimum atomic E-state index is -0.582. The number of hydrogen-bond donors (Lipinski definition) is 3. The van der Waals surface area contributed by atoms with Gasteiger partial charge in [0, 0.05) is 25.7 Å². The van der Waals surface area contributed by atoms with Crippen LogP contribution in [0.5, 0.6) is 0 Å². The molecule has 8 heteroatoms. The van der Waals surface area contributed by atoms with E-state index in [0.29, 0.717) is 5.69 Å². The van der Waals surface area contributed by atoms with Crippen LogP contribution in [0.2, 0.25) is 0 Å². The van der Waals surface area contributed by atoms with E-state index >= 15 is 0 Å². The summed E-state index contributed by atoms with van der Waals surface area (Å²) in [6.07, 6.45) is 0. The fraction of sp³-hybridized carbons (Fsp3) is 0.273. The van der Waals surface area contributed by atoms with E-state index in [1.807, 2.05) is 0 Å². The van der Waals surface area contributed by atoms with Crippen LogP contribution in [0.4, 0.5) is 11.4 Å². The van der Waals surface area contributed by atoms with Crippen molar-refractivity contribution in [3.63, 3.8) is 0 Å². The van der Waals surface area contributed by atoms with Crippen molar-refractivity contribution in [1.82, 2.24) is 10.6 Å². The van der Waals surface area contributed by atoms with Crippen molar-refractivity contribution in [3.05, 3.63) is 33.9 Å². The standard InChI is InChI=1S/C11H14N4O4/c1-12-8-4-3-7(5-9(8)15(18)19)11(17)14-6-10(16)13-2/h3-5,12H,6H2,1-2H3,(H,13,16)(H,14,17). The molecule has 0 atom stereocenters. The number of likely N-dealkylation sites (N-methyl/N-ethyl adjacent to an activating group) is 1. The maximum atomic E-state index is 11.7. The quantitative estimate of drug-likeness (QED) is 0.517. The van der Waals surface area contributed by atoms with Gasteiger partial charge < -0.3 is 16.0 Å². The van der Waals surface area contributed by atoms with Crippen molar-refractivity contribution >= 4 is 23.2 Å². The molecule has 2 amide bonds. The Labute approximate surface area is 109 Å². The summed E-state index contributed by atoms with van der Waals surface area (Å²) in [5.41, 5.74) is 0.234. The molecule has 0 heterocycles. The minimum absolute atomic E-state index is 0.120. The molecule has 1 rings (SSSR count). The number of nitro benzene ring substituents is 1. The van der Waals surface area contributed by atoms with Crippen LogP contribution < -0.4 is 16.0 Å². The summed E-state index contributed by atoms with van der Waals surface area (Å²) >= 11 is 0. The molecule has 0 radical (unpaired) electrons. The third kappa shape index (κ3) is 3.66. The number of benzene rings is 1. The van der Waals surface area contributed by atoms with Gasteiger partial charge in [-0.3, -0.25) is 19.7 Å². The number of nitro groups is 1. The Balaban J connectivity index is 2.89. The maximum Gasteiger partial charge on any atom is 0.293 e. The van der Waals surface area contributed by atoms with E-state index in [9.17, 15) is 19.7 Å². The monoisotopic (exact) mass is 266 g/mol. The average molecular weight is 266 g/mol. The Morgan fingerprint density at radius 3 is 2.53 bits per heavy atom. The predicted molar refractivity (Wildman–Crippen MR) is 69.0 cm³/mol. The van der Waals surface area contributed by atoms with Gasteiger partial charge in [0.1, 0.15) is 5.69 Å². The number of hydrogen-bond acceptors (Lipinski definition) is 5. The fourth-order valence-electron chi connectivity index (χ4n) is 1.39. The van der Waals surface area contributed by atoms with Gasteiger partial charge in [-0.25, -0.2) is 0 Å². The summed E-state index contributed by atoms with van der Waals surface area (Å²) in [5.74, 6) is -0.899. The SMILES string of the molecule is CNC(=O)CNC(=O)c1ccc(NC)c([N+](=O)[O-])c1. The molecule has 0 saturated carbocycles. The van der Waals surface area contributed by atoms with E-state index in [2.05, 4.69) is 16.0 Å². The summed E-state index contributed by atoms with van der Waals surface area (Å²) < 4.78 is 0. The van der Waals surface area contributed by atoms with E-state index in [0.717, 1.165) is 6.07 Å². The molecular formula is C11H14N4O4. The third-order valence-corrected chi connectivity index (χ3v) is 2.41. The molecule has 3 N–H and O–H groups in total. The van der Waals surface area contributed by atoms with Crippen molar-refractivity contribution in [2.75, 3.05) is 26.0 Å². The molecular weight excluding hydrogens is 252 g/mol. The van der Waals surface area contributed by atoms with E-state index in [-0.39, 0.29) is 23.7 Å². The molecule has 8 nitrogen and oxygen atoms in total. The molecule has 1 aromatic carbocycles. The second-order valence-corrected chi connectivity index (χ2v) is 3.59. The van der Waals surface area contributed by atoms with Crippen LogP contribution in [0.1, 0.15) is 10.4 Å². The molecule has 0 aromatic heterocycles. The molecule has 0 saturated heterocycles. The Kier molecular flexibility index (Phi) is 4.81. The number of carbonyl (C=O) groups is 2. The first-order valence-corrected chi connectivity index (χ1v) is 5.44. The molecule has 0 fully saturated rings. The minimum Gasteiger partial charge on any atom is -0.383 e. The van der Waals surface area contributed by atoms with Crippen molar-refractivity contribution in [2.24, 2.45) is 0 Å². The fourth-order valence-corrected chi connectivity index (χ4v) is 1.39. The van der Waals surface area contributed by atoms with E-state index in [1.54, 1.807) is 7.05 Å². The summed E-state index contributed by atoms with van der Waals surface area (Å²) in [7, 11) is 2.99. The normalized spacial score (nSPS) is 9.58. The van der Waals surface area contributed by atoms with Gasteiger partial charge in [-0.1, -0.05) is 0 Å². The Morgan fingerprint density at radius 1 is 1.32 bits per heavy atom. The van der Waals surface area contributed by atoms with Crippen LogP contribution in [0.25, 0.3) is 0 Å². The first kappa shape index (κ1) is 14.4. The van der Waals surface area contributed by atoms with Gasteiger partial charge in [-0.15, -0.1) is 0 Å². The van der Waals surface area contributed by atoms with Crippen molar-refractivity contribution < 1.29 is 14.5 Å². The molecule has 0 spiro atoms. The molecule has 0 bridgehead atoms. The maximum absolute atomic E-state index is 11.7. The third-order valence-electron chi connectivity index (χ3n) is 2.41. The number of nitrogens with one attached hydrogen (secondary N) is 3. The molecule has 19 heavy (non-hydrogen) atoms. The van der Waals surface area contributed by atoms with Gasteiger partial charge in [0.15, 0.2) is 0 Å². The van der Waals surface area contributed by atoms with Gasteiger partial charge in [0.2, 0.25) is 5.91 Å². The highest BCUT2D eigenvalue weighted by Gasteiger charge is 2.16. The van der Waals surface area contributed by atoms with Crippen LogP contribution in [-0.4, -0.2) is 37.4 Å². The highest BCUT2D eigenvalue weighted by atomic mass is 16.6. The van der Waals surface area contributed by atoms with Crippen LogP contribution in [0, 0.1) is 10.1 Å². The number of amides is 2. The smallest absolute Gasteiger partial charge is 0.293 e. The number of nitrogens with zero attached hydrogens (tertiary/aromatic N) is 1. The van der Waals surface area contributed by atoms with Crippen LogP contribution in [-0.2, 0) is 4.79 Å². The molecule has 102 valence electrons. The molecule has 0 aliphatic carbocycles. The molecule has 0 aliphatic rings. The Hall–Kier alpha value is -2.64. The lowest BCUT2D eigenvalue weighted by molar-refractivity contribution is -0.384. The zero-order valence-corrected chi connectivity index (χ0v) is 10.5. The lowest BCUT2D eigenvalue weighted by Gasteiger charge is -2.06. The predicted octanol–water partition coefficient (Wildman–Crippen LogP) is 0.112. The molecule has 1 aromatic rings. The van der Waals surface area contributed by atoms with Crippen LogP contribution in [0.3, 0.4) is 0 Å². The highest BCUT2D eigenvalue weighted by Crippen LogP contribution is 2.24. The van der Waals surface area contributed by atoms with E-state index in [1.165, 1.54) is 19.2 Å². The number of rotatable bonds is 5. The lowest BCUT2D eigenvalue weighted by atomic mass is 10.1. The van der Waals surface area contributed by atoms with Gasteiger partial charge >= 0.3 is 0 Å². The van der Waals surface area contributed by atoms with Gasteiger partial charge in [0.25, 0.3) is 11.6 Å². The first-order chi connectivity index (χ1) is 8.99. The average Bonchev–Trinajstić information content (AvgIpc) is 2.43.